The van der Waals surface area contributed by atoms with Crippen LogP contribution in [0.1, 0.15) is 19.4 Å². The van der Waals surface area contributed by atoms with Crippen molar-refractivity contribution >= 4 is 34.0 Å². The lowest BCUT2D eigenvalue weighted by atomic mass is 10.1. The maximum Gasteiger partial charge on any atom is 0.238 e. The lowest BCUT2D eigenvalue weighted by molar-refractivity contribution is -0.117. The summed E-state index contributed by atoms with van der Waals surface area (Å²) in [6.45, 7) is 8.43. The molecule has 0 unspecified atom stereocenters. The van der Waals surface area contributed by atoms with Crippen LogP contribution in [0.5, 0.6) is 5.75 Å². The highest BCUT2D eigenvalue weighted by Crippen LogP contribution is 2.33. The number of hydrogen-bond donors (Lipinski definition) is 2. The molecule has 4 rings (SSSR count). The Morgan fingerprint density at radius 2 is 1.97 bits per heavy atom. The molecule has 1 aromatic heterocycles. The number of hydrogen-bond acceptors (Lipinski definition) is 7. The number of piperazine rings is 1. The molecule has 3 aromatic rings. The topological polar surface area (TPSA) is 82.6 Å². The first-order chi connectivity index (χ1) is 16.5. The van der Waals surface area contributed by atoms with Crippen LogP contribution in [-0.4, -0.2) is 71.6 Å². The zero-order chi connectivity index (χ0) is 24.1. The minimum absolute atomic E-state index is 0.0799. The van der Waals surface area contributed by atoms with Crippen LogP contribution in [0.4, 0.5) is 17.2 Å². The molecule has 2 N–H and O–H groups in total. The zero-order valence-electron chi connectivity index (χ0n) is 19.8. The molecule has 0 bridgehead atoms. The Kier molecular flexibility index (Phi) is 7.26. The number of rotatable bonds is 7. The van der Waals surface area contributed by atoms with E-state index in [1.54, 1.807) is 13.2 Å². The van der Waals surface area contributed by atoms with E-state index in [2.05, 4.69) is 50.2 Å². The van der Waals surface area contributed by atoms with Gasteiger partial charge in [0.05, 0.1) is 24.9 Å². The van der Waals surface area contributed by atoms with Gasteiger partial charge in [-0.3, -0.25) is 14.6 Å². The zero-order valence-corrected chi connectivity index (χ0v) is 19.8. The van der Waals surface area contributed by atoms with E-state index in [0.717, 1.165) is 42.8 Å². The van der Waals surface area contributed by atoms with Gasteiger partial charge in [0.25, 0.3) is 0 Å². The molecule has 1 amide bonds. The number of carbonyl (C=O) groups is 1. The van der Waals surface area contributed by atoms with Crippen LogP contribution >= 0.6 is 0 Å². The molecular weight excluding hydrogens is 428 g/mol. The summed E-state index contributed by atoms with van der Waals surface area (Å²) in [5.74, 6) is 3.71. The van der Waals surface area contributed by atoms with Crippen molar-refractivity contribution in [1.29, 1.82) is 0 Å². The number of nitrogens with one attached hydrogen (secondary N) is 2. The van der Waals surface area contributed by atoms with Crippen molar-refractivity contribution in [3.05, 3.63) is 48.3 Å². The SMILES string of the molecule is C#Cc1cccc(Nc2ncnc3cc(OC)c(NC(=O)CN4CCN(C(C)C)CC4)cc23)c1. The second-order valence-electron chi connectivity index (χ2n) is 8.60. The number of anilines is 3. The van der Waals surface area contributed by atoms with E-state index in [9.17, 15) is 4.79 Å². The molecule has 0 atom stereocenters. The molecule has 1 fully saturated rings. The highest BCUT2D eigenvalue weighted by molar-refractivity contribution is 6.00. The van der Waals surface area contributed by atoms with Crippen LogP contribution in [0.3, 0.4) is 0 Å². The van der Waals surface area contributed by atoms with Gasteiger partial charge in [-0.2, -0.15) is 0 Å². The van der Waals surface area contributed by atoms with E-state index in [1.807, 2.05) is 30.3 Å². The number of carbonyl (C=O) groups excluding carboxylic acids is 1. The fourth-order valence-electron chi connectivity index (χ4n) is 4.10. The normalized spacial score (nSPS) is 14.7. The first-order valence-electron chi connectivity index (χ1n) is 11.4. The lowest BCUT2D eigenvalue weighted by Gasteiger charge is -2.36. The van der Waals surface area contributed by atoms with Gasteiger partial charge in [0.2, 0.25) is 5.91 Å². The molecule has 0 radical (unpaired) electrons. The lowest BCUT2D eigenvalue weighted by Crippen LogP contribution is -2.50. The van der Waals surface area contributed by atoms with Crippen LogP contribution in [0, 0.1) is 12.3 Å². The van der Waals surface area contributed by atoms with Crippen molar-refractivity contribution in [2.75, 3.05) is 50.5 Å². The standard InChI is InChI=1S/C26H30N6O2/c1-5-19-7-6-8-20(13-19)29-26-21-14-23(24(34-4)15-22(21)27-17-28-26)30-25(33)16-31-9-11-32(12-10-31)18(2)3/h1,6-8,13-15,17-18H,9-12,16H2,2-4H3,(H,30,33)(H,27,28,29). The van der Waals surface area contributed by atoms with Crippen molar-refractivity contribution in [2.45, 2.75) is 19.9 Å². The second-order valence-corrected chi connectivity index (χ2v) is 8.60. The van der Waals surface area contributed by atoms with Gasteiger partial charge in [0.1, 0.15) is 17.9 Å². The van der Waals surface area contributed by atoms with Crippen molar-refractivity contribution in [1.82, 2.24) is 19.8 Å². The smallest absolute Gasteiger partial charge is 0.238 e. The highest BCUT2D eigenvalue weighted by Gasteiger charge is 2.21. The molecule has 0 spiro atoms. The fourth-order valence-corrected chi connectivity index (χ4v) is 4.10. The van der Waals surface area contributed by atoms with Gasteiger partial charge in [0, 0.05) is 54.9 Å². The van der Waals surface area contributed by atoms with E-state index in [1.165, 1.54) is 6.33 Å². The van der Waals surface area contributed by atoms with Gasteiger partial charge in [-0.25, -0.2) is 9.97 Å². The summed E-state index contributed by atoms with van der Waals surface area (Å²) >= 11 is 0. The molecule has 1 saturated heterocycles. The predicted octanol–water partition coefficient (Wildman–Crippen LogP) is 3.33. The summed E-state index contributed by atoms with van der Waals surface area (Å²) < 4.78 is 5.54. The molecule has 1 aliphatic heterocycles. The van der Waals surface area contributed by atoms with Gasteiger partial charge in [-0.05, 0) is 38.1 Å². The molecule has 1 aliphatic rings. The Bertz CT molecular complexity index is 1210. The quantitative estimate of drug-likeness (QED) is 0.526. The fraction of sp³-hybridized carbons (Fsp3) is 0.346. The number of benzene rings is 2. The third kappa shape index (κ3) is 5.45. The number of aromatic nitrogens is 2. The number of nitrogens with zero attached hydrogens (tertiary/aromatic N) is 4. The van der Waals surface area contributed by atoms with E-state index in [0.29, 0.717) is 35.4 Å². The third-order valence-electron chi connectivity index (χ3n) is 6.03. The van der Waals surface area contributed by atoms with Crippen LogP contribution < -0.4 is 15.4 Å². The van der Waals surface area contributed by atoms with E-state index < -0.39 is 0 Å². The second kappa shape index (κ2) is 10.5. The minimum atomic E-state index is -0.0799. The Morgan fingerprint density at radius 3 is 2.68 bits per heavy atom. The average Bonchev–Trinajstić information content (AvgIpc) is 2.84. The highest BCUT2D eigenvalue weighted by atomic mass is 16.5. The number of ether oxygens (including phenoxy) is 1. The Labute approximate surface area is 200 Å². The molecule has 0 saturated carbocycles. The van der Waals surface area contributed by atoms with Gasteiger partial charge in [0.15, 0.2) is 0 Å². The predicted molar refractivity (Wildman–Crippen MR) is 136 cm³/mol. The van der Waals surface area contributed by atoms with Crippen LogP contribution in [0.2, 0.25) is 0 Å². The van der Waals surface area contributed by atoms with Crippen molar-refractivity contribution in [2.24, 2.45) is 0 Å². The third-order valence-corrected chi connectivity index (χ3v) is 6.03. The van der Waals surface area contributed by atoms with Gasteiger partial charge in [-0.15, -0.1) is 6.42 Å². The summed E-state index contributed by atoms with van der Waals surface area (Å²) in [6.07, 6.45) is 7.01. The molecule has 176 valence electrons. The van der Waals surface area contributed by atoms with Crippen molar-refractivity contribution in [3.63, 3.8) is 0 Å². The van der Waals surface area contributed by atoms with Crippen LogP contribution in [0.15, 0.2) is 42.7 Å². The van der Waals surface area contributed by atoms with E-state index >= 15 is 0 Å². The maximum absolute atomic E-state index is 12.9. The minimum Gasteiger partial charge on any atom is -0.494 e. The Hall–Kier alpha value is -3.67. The molecule has 2 aromatic carbocycles. The maximum atomic E-state index is 12.9. The monoisotopic (exact) mass is 458 g/mol. The van der Waals surface area contributed by atoms with E-state index in [4.69, 9.17) is 11.2 Å². The molecule has 0 aliphatic carbocycles. The Balaban J connectivity index is 1.53. The first-order valence-corrected chi connectivity index (χ1v) is 11.4. The van der Waals surface area contributed by atoms with Gasteiger partial charge >= 0.3 is 0 Å². The summed E-state index contributed by atoms with van der Waals surface area (Å²) in [5, 5.41) is 7.08. The summed E-state index contributed by atoms with van der Waals surface area (Å²) in [7, 11) is 1.58. The first kappa shape index (κ1) is 23.5. The summed E-state index contributed by atoms with van der Waals surface area (Å²) in [6, 6.07) is 11.7. The van der Waals surface area contributed by atoms with Crippen molar-refractivity contribution < 1.29 is 9.53 Å². The molecular formula is C26H30N6O2. The molecule has 2 heterocycles. The van der Waals surface area contributed by atoms with Gasteiger partial charge < -0.3 is 15.4 Å². The summed E-state index contributed by atoms with van der Waals surface area (Å²) in [4.78, 5) is 26.2. The molecule has 8 heteroatoms. The average molecular weight is 459 g/mol. The molecule has 34 heavy (non-hydrogen) atoms. The summed E-state index contributed by atoms with van der Waals surface area (Å²) in [5.41, 5.74) is 2.87. The number of fused-ring (bicyclic) bond motifs is 1. The van der Waals surface area contributed by atoms with Crippen molar-refractivity contribution in [3.8, 4) is 18.1 Å². The van der Waals surface area contributed by atoms with Crippen LogP contribution in [-0.2, 0) is 4.79 Å². The number of amides is 1. The number of methoxy groups -OCH3 is 1. The van der Waals surface area contributed by atoms with Crippen LogP contribution in [0.25, 0.3) is 10.9 Å². The number of terminal acetylenes is 1. The molecule has 8 nitrogen and oxygen atoms in total. The largest absolute Gasteiger partial charge is 0.494 e. The Morgan fingerprint density at radius 1 is 1.18 bits per heavy atom. The van der Waals surface area contributed by atoms with E-state index in [-0.39, 0.29) is 5.91 Å². The van der Waals surface area contributed by atoms with Gasteiger partial charge in [-0.1, -0.05) is 12.0 Å².